The van der Waals surface area contributed by atoms with Crippen LogP contribution >= 0.6 is 12.6 Å². The van der Waals surface area contributed by atoms with Crippen molar-refractivity contribution in [2.75, 3.05) is 6.61 Å². The molecule has 4 nitrogen and oxygen atoms in total. The highest BCUT2D eigenvalue weighted by Crippen LogP contribution is 2.20. The molecule has 0 heterocycles. The number of carboxylic acids is 1. The molecule has 0 amide bonds. The zero-order valence-corrected chi connectivity index (χ0v) is 10.1. The molecule has 0 atom stereocenters. The van der Waals surface area contributed by atoms with Crippen LogP contribution in [0.15, 0.2) is 30.3 Å². The number of ether oxygens (including phenoxy) is 1. The Kier molecular flexibility index (Phi) is 4.78. The van der Waals surface area contributed by atoms with E-state index < -0.39 is 11.1 Å². The van der Waals surface area contributed by atoms with Crippen LogP contribution in [0.2, 0.25) is 0 Å². The topological polar surface area (TPSA) is 63.6 Å². The van der Waals surface area contributed by atoms with E-state index in [2.05, 4.69) is 12.6 Å². The van der Waals surface area contributed by atoms with Gasteiger partial charge in [0.05, 0.1) is 6.61 Å². The van der Waals surface area contributed by atoms with E-state index in [0.29, 0.717) is 17.9 Å². The van der Waals surface area contributed by atoms with Crippen LogP contribution in [-0.4, -0.2) is 22.8 Å². The standard InChI is InChI=1S/C12H12O4S/c1-2-16-9-5-3-8(4-6-9)10(12(15)17)7-11(13)14/h3-7H,2H2,1H3,(H,13,14)(H,15,17)/b10-7+. The SMILES string of the molecule is CCOc1ccc(/C(=C\C(=O)O)C(=O)S)cc1. The summed E-state index contributed by atoms with van der Waals surface area (Å²) in [6.45, 7) is 2.41. The third-order valence-electron chi connectivity index (χ3n) is 1.97. The van der Waals surface area contributed by atoms with Crippen molar-refractivity contribution in [3.8, 4) is 5.75 Å². The van der Waals surface area contributed by atoms with Gasteiger partial charge in [0.1, 0.15) is 5.75 Å². The molecule has 0 aromatic heterocycles. The maximum atomic E-state index is 11.2. The second-order valence-electron chi connectivity index (χ2n) is 3.16. The number of hydrogen-bond acceptors (Lipinski definition) is 3. The Morgan fingerprint density at radius 2 is 1.94 bits per heavy atom. The lowest BCUT2D eigenvalue weighted by molar-refractivity contribution is -0.131. The maximum Gasteiger partial charge on any atom is 0.329 e. The first-order valence-electron chi connectivity index (χ1n) is 4.95. The lowest BCUT2D eigenvalue weighted by atomic mass is 10.1. The lowest BCUT2D eigenvalue weighted by Crippen LogP contribution is -1.99. The molecule has 0 spiro atoms. The van der Waals surface area contributed by atoms with Crippen molar-refractivity contribution < 1.29 is 19.4 Å². The molecule has 0 radical (unpaired) electrons. The van der Waals surface area contributed by atoms with Crippen LogP contribution in [0.1, 0.15) is 12.5 Å². The van der Waals surface area contributed by atoms with E-state index in [4.69, 9.17) is 9.84 Å². The van der Waals surface area contributed by atoms with E-state index in [9.17, 15) is 9.59 Å². The summed E-state index contributed by atoms with van der Waals surface area (Å²) in [6.07, 6.45) is 0.838. The van der Waals surface area contributed by atoms with Gasteiger partial charge in [-0.2, -0.15) is 0 Å². The van der Waals surface area contributed by atoms with Crippen molar-refractivity contribution in [2.45, 2.75) is 6.92 Å². The number of thiol groups is 1. The molecule has 0 fully saturated rings. The first-order valence-corrected chi connectivity index (χ1v) is 5.40. The fourth-order valence-electron chi connectivity index (χ4n) is 1.29. The Hall–Kier alpha value is -1.75. The summed E-state index contributed by atoms with van der Waals surface area (Å²) in [6, 6.07) is 6.58. The van der Waals surface area contributed by atoms with Crippen LogP contribution in [0.4, 0.5) is 0 Å². The Morgan fingerprint density at radius 3 is 2.35 bits per heavy atom. The Balaban J connectivity index is 3.04. The van der Waals surface area contributed by atoms with Crippen LogP contribution in [0.5, 0.6) is 5.75 Å². The van der Waals surface area contributed by atoms with Crippen molar-refractivity contribution in [1.29, 1.82) is 0 Å². The second-order valence-corrected chi connectivity index (χ2v) is 3.56. The average molecular weight is 252 g/mol. The van der Waals surface area contributed by atoms with Crippen molar-refractivity contribution in [3.63, 3.8) is 0 Å². The number of carbonyl (C=O) groups excluding carboxylic acids is 1. The summed E-state index contributed by atoms with van der Waals surface area (Å²) in [5.41, 5.74) is 0.541. The fourth-order valence-corrected chi connectivity index (χ4v) is 1.48. The van der Waals surface area contributed by atoms with Crippen LogP contribution in [0, 0.1) is 0 Å². The first kappa shape index (κ1) is 13.3. The highest BCUT2D eigenvalue weighted by Gasteiger charge is 2.10. The summed E-state index contributed by atoms with van der Waals surface area (Å²) in [7, 11) is 0. The molecule has 0 saturated heterocycles. The molecule has 1 rings (SSSR count). The van der Waals surface area contributed by atoms with Gasteiger partial charge in [0.2, 0.25) is 5.12 Å². The molecular weight excluding hydrogens is 240 g/mol. The summed E-state index contributed by atoms with van der Waals surface area (Å²) in [5.74, 6) is -0.520. The predicted molar refractivity (Wildman–Crippen MR) is 67.2 cm³/mol. The largest absolute Gasteiger partial charge is 0.494 e. The summed E-state index contributed by atoms with van der Waals surface area (Å²) in [4.78, 5) is 21.8. The molecule has 0 saturated carbocycles. The number of aliphatic carboxylic acids is 1. The molecule has 1 N–H and O–H groups in total. The highest BCUT2D eigenvalue weighted by atomic mass is 32.1. The van der Waals surface area contributed by atoms with E-state index in [0.717, 1.165) is 6.08 Å². The Labute approximate surface area is 104 Å². The molecule has 5 heteroatoms. The van der Waals surface area contributed by atoms with Gasteiger partial charge in [-0.1, -0.05) is 12.1 Å². The van der Waals surface area contributed by atoms with Crippen LogP contribution < -0.4 is 4.74 Å². The minimum Gasteiger partial charge on any atom is -0.494 e. The zero-order chi connectivity index (χ0) is 12.8. The van der Waals surface area contributed by atoms with E-state index in [1.165, 1.54) is 0 Å². The molecule has 0 aliphatic carbocycles. The molecule has 0 unspecified atom stereocenters. The molecule has 1 aromatic carbocycles. The van der Waals surface area contributed by atoms with Gasteiger partial charge >= 0.3 is 5.97 Å². The van der Waals surface area contributed by atoms with Crippen molar-refractivity contribution in [3.05, 3.63) is 35.9 Å². The minimum absolute atomic E-state index is 0.0453. The van der Waals surface area contributed by atoms with Crippen molar-refractivity contribution >= 4 is 29.3 Å². The number of carboxylic acid groups (broad SMARTS) is 1. The smallest absolute Gasteiger partial charge is 0.329 e. The molecular formula is C12H12O4S. The molecule has 0 bridgehead atoms. The van der Waals surface area contributed by atoms with Gasteiger partial charge in [0, 0.05) is 11.6 Å². The molecule has 0 aliphatic rings. The first-order chi connectivity index (χ1) is 8.04. The van der Waals surface area contributed by atoms with Gasteiger partial charge in [-0.3, -0.25) is 4.79 Å². The fraction of sp³-hybridized carbons (Fsp3) is 0.167. The Bertz CT molecular complexity index is 448. The van der Waals surface area contributed by atoms with E-state index in [-0.39, 0.29) is 5.57 Å². The summed E-state index contributed by atoms with van der Waals surface area (Å²) >= 11 is 3.64. The van der Waals surface area contributed by atoms with Gasteiger partial charge < -0.3 is 9.84 Å². The van der Waals surface area contributed by atoms with Crippen LogP contribution in [0.25, 0.3) is 5.57 Å². The van der Waals surface area contributed by atoms with Gasteiger partial charge in [-0.15, -0.1) is 12.6 Å². The van der Waals surface area contributed by atoms with E-state index in [1.54, 1.807) is 24.3 Å². The zero-order valence-electron chi connectivity index (χ0n) is 9.21. The van der Waals surface area contributed by atoms with Gasteiger partial charge in [-0.05, 0) is 24.6 Å². The lowest BCUT2D eigenvalue weighted by Gasteiger charge is -2.05. The number of hydrogen-bond donors (Lipinski definition) is 2. The predicted octanol–water partition coefficient (Wildman–Crippen LogP) is 2.01. The maximum absolute atomic E-state index is 11.2. The van der Waals surface area contributed by atoms with Crippen molar-refractivity contribution in [2.24, 2.45) is 0 Å². The number of rotatable bonds is 5. The minimum atomic E-state index is -1.18. The quantitative estimate of drug-likeness (QED) is 0.621. The van der Waals surface area contributed by atoms with E-state index in [1.807, 2.05) is 6.92 Å². The van der Waals surface area contributed by atoms with Crippen molar-refractivity contribution in [1.82, 2.24) is 0 Å². The van der Waals surface area contributed by atoms with Gasteiger partial charge in [0.15, 0.2) is 0 Å². The average Bonchev–Trinajstić information content (AvgIpc) is 2.27. The monoisotopic (exact) mass is 252 g/mol. The third kappa shape index (κ3) is 3.96. The normalized spacial score (nSPS) is 11.1. The number of carbonyl (C=O) groups is 2. The molecule has 90 valence electrons. The van der Waals surface area contributed by atoms with Gasteiger partial charge in [0.25, 0.3) is 0 Å². The van der Waals surface area contributed by atoms with E-state index >= 15 is 0 Å². The third-order valence-corrected chi connectivity index (χ3v) is 2.22. The summed E-state index contributed by atoms with van der Waals surface area (Å²) < 4.78 is 5.24. The van der Waals surface area contributed by atoms with Crippen LogP contribution in [-0.2, 0) is 9.59 Å². The van der Waals surface area contributed by atoms with Gasteiger partial charge in [-0.25, -0.2) is 4.79 Å². The summed E-state index contributed by atoms with van der Waals surface area (Å²) in [5, 5.41) is 8.06. The van der Waals surface area contributed by atoms with Crippen LogP contribution in [0.3, 0.4) is 0 Å². The second kappa shape index (κ2) is 6.10. The highest BCUT2D eigenvalue weighted by molar-refractivity contribution is 7.98. The molecule has 17 heavy (non-hydrogen) atoms. The molecule has 1 aromatic rings. The Morgan fingerprint density at radius 1 is 1.35 bits per heavy atom. The number of benzene rings is 1. The molecule has 0 aliphatic heterocycles.